The summed E-state index contributed by atoms with van der Waals surface area (Å²) in [6.45, 7) is 0. The average molecular weight is 308 g/mol. The summed E-state index contributed by atoms with van der Waals surface area (Å²) in [6, 6.07) is 8.20. The highest BCUT2D eigenvalue weighted by molar-refractivity contribution is 6.45. The minimum atomic E-state index is -0.0643. The van der Waals surface area contributed by atoms with Crippen molar-refractivity contribution in [3.8, 4) is 16.9 Å². The molecule has 5 heteroatoms. The molecule has 0 aromatic heterocycles. The van der Waals surface area contributed by atoms with Gasteiger partial charge < -0.3 is 5.11 Å². The van der Waals surface area contributed by atoms with Crippen molar-refractivity contribution < 1.29 is 5.11 Å². The van der Waals surface area contributed by atoms with E-state index in [4.69, 9.17) is 46.4 Å². The van der Waals surface area contributed by atoms with E-state index in [1.54, 1.807) is 24.3 Å². The van der Waals surface area contributed by atoms with Gasteiger partial charge in [0, 0.05) is 21.2 Å². The number of aromatic hydroxyl groups is 1. The number of hydrogen-bond acceptors (Lipinski definition) is 1. The summed E-state index contributed by atoms with van der Waals surface area (Å²) in [6.07, 6.45) is 0. The smallest absolute Gasteiger partial charge is 0.135 e. The second kappa shape index (κ2) is 4.95. The van der Waals surface area contributed by atoms with E-state index in [-0.39, 0.29) is 15.8 Å². The minimum Gasteiger partial charge on any atom is -0.506 e. The molecule has 1 nitrogen and oxygen atoms in total. The molecule has 0 unspecified atom stereocenters. The monoisotopic (exact) mass is 306 g/mol. The number of benzene rings is 2. The van der Waals surface area contributed by atoms with E-state index in [1.807, 2.05) is 0 Å². The zero-order valence-corrected chi connectivity index (χ0v) is 11.4. The van der Waals surface area contributed by atoms with Crippen LogP contribution in [0.3, 0.4) is 0 Å². The molecule has 0 saturated heterocycles. The Labute approximate surface area is 118 Å². The number of hydrogen-bond donors (Lipinski definition) is 1. The number of phenols is 1. The second-order valence-corrected chi connectivity index (χ2v) is 4.98. The molecule has 1 N–H and O–H groups in total. The van der Waals surface area contributed by atoms with Crippen LogP contribution in [0.5, 0.6) is 5.75 Å². The molecule has 0 saturated carbocycles. The predicted octanol–water partition coefficient (Wildman–Crippen LogP) is 5.67. The Morgan fingerprint density at radius 1 is 0.765 bits per heavy atom. The van der Waals surface area contributed by atoms with Crippen LogP contribution in [0.2, 0.25) is 20.1 Å². The summed E-state index contributed by atoms with van der Waals surface area (Å²) in [5.74, 6) is -0.0643. The molecular weight excluding hydrogens is 302 g/mol. The molecule has 0 atom stereocenters. The van der Waals surface area contributed by atoms with Crippen LogP contribution in [0.15, 0.2) is 30.3 Å². The first-order valence-electron chi connectivity index (χ1n) is 4.63. The first-order valence-corrected chi connectivity index (χ1v) is 6.14. The van der Waals surface area contributed by atoms with Gasteiger partial charge in [-0.2, -0.15) is 0 Å². The first-order chi connectivity index (χ1) is 8.00. The Kier molecular flexibility index (Phi) is 3.74. The van der Waals surface area contributed by atoms with Gasteiger partial charge in [-0.05, 0) is 24.3 Å². The molecule has 0 spiro atoms. The highest BCUT2D eigenvalue weighted by Gasteiger charge is 2.13. The van der Waals surface area contributed by atoms with Crippen LogP contribution in [-0.2, 0) is 0 Å². The van der Waals surface area contributed by atoms with E-state index in [2.05, 4.69) is 0 Å². The Balaban J connectivity index is 2.65. The van der Waals surface area contributed by atoms with E-state index in [9.17, 15) is 5.11 Å². The normalized spacial score (nSPS) is 10.6. The van der Waals surface area contributed by atoms with Gasteiger partial charge in [-0.3, -0.25) is 0 Å². The predicted molar refractivity (Wildman–Crippen MR) is 73.6 cm³/mol. The van der Waals surface area contributed by atoms with Crippen molar-refractivity contribution in [2.24, 2.45) is 0 Å². The molecule has 0 aliphatic rings. The van der Waals surface area contributed by atoms with E-state index in [0.29, 0.717) is 21.2 Å². The average Bonchev–Trinajstić information content (AvgIpc) is 2.28. The molecular formula is C12H6Cl4O. The van der Waals surface area contributed by atoms with Crippen LogP contribution in [0.4, 0.5) is 0 Å². The maximum atomic E-state index is 9.41. The molecule has 2 aromatic carbocycles. The van der Waals surface area contributed by atoms with Crippen LogP contribution < -0.4 is 0 Å². The Hall–Kier alpha value is -0.600. The van der Waals surface area contributed by atoms with Gasteiger partial charge in [0.25, 0.3) is 0 Å². The highest BCUT2D eigenvalue weighted by Crippen LogP contribution is 2.41. The van der Waals surface area contributed by atoms with Crippen LogP contribution in [0, 0.1) is 0 Å². The maximum absolute atomic E-state index is 9.41. The molecule has 2 aromatic rings. The molecule has 2 rings (SSSR count). The number of rotatable bonds is 1. The standard InChI is InChI=1S/C12H6Cl4O/c13-6-1-2-7(9(14)5-6)8-3-4-10(17)12(16)11(8)15/h1-5,17H. The summed E-state index contributed by atoms with van der Waals surface area (Å²) in [5, 5.41) is 10.8. The molecule has 0 aliphatic heterocycles. The summed E-state index contributed by atoms with van der Waals surface area (Å²) in [7, 11) is 0. The third kappa shape index (κ3) is 2.48. The summed E-state index contributed by atoms with van der Waals surface area (Å²) >= 11 is 23.8. The maximum Gasteiger partial charge on any atom is 0.135 e. The molecule has 0 bridgehead atoms. The SMILES string of the molecule is Oc1ccc(-c2ccc(Cl)cc2Cl)c(Cl)c1Cl. The molecule has 17 heavy (non-hydrogen) atoms. The molecule has 0 fully saturated rings. The van der Waals surface area contributed by atoms with Crippen molar-refractivity contribution in [3.05, 3.63) is 50.4 Å². The van der Waals surface area contributed by atoms with Crippen molar-refractivity contribution in [2.75, 3.05) is 0 Å². The zero-order valence-electron chi connectivity index (χ0n) is 8.35. The van der Waals surface area contributed by atoms with Crippen molar-refractivity contribution in [1.82, 2.24) is 0 Å². The second-order valence-electron chi connectivity index (χ2n) is 3.38. The quantitative estimate of drug-likeness (QED) is 0.719. The van der Waals surface area contributed by atoms with Gasteiger partial charge in [-0.15, -0.1) is 0 Å². The molecule has 88 valence electrons. The molecule has 0 aliphatic carbocycles. The van der Waals surface area contributed by atoms with Gasteiger partial charge in [0.05, 0.1) is 5.02 Å². The zero-order chi connectivity index (χ0) is 12.6. The topological polar surface area (TPSA) is 20.2 Å². The fourth-order valence-corrected chi connectivity index (χ4v) is 2.39. The van der Waals surface area contributed by atoms with E-state index in [0.717, 1.165) is 0 Å². The lowest BCUT2D eigenvalue weighted by Gasteiger charge is -2.09. The van der Waals surface area contributed by atoms with Crippen molar-refractivity contribution >= 4 is 46.4 Å². The lowest BCUT2D eigenvalue weighted by Crippen LogP contribution is -1.83. The van der Waals surface area contributed by atoms with Gasteiger partial charge >= 0.3 is 0 Å². The third-order valence-electron chi connectivity index (χ3n) is 2.28. The number of halogens is 4. The van der Waals surface area contributed by atoms with Gasteiger partial charge in [-0.1, -0.05) is 52.5 Å². The molecule has 0 radical (unpaired) electrons. The summed E-state index contributed by atoms with van der Waals surface area (Å²) in [4.78, 5) is 0. The number of phenolic OH excluding ortho intramolecular Hbond substituents is 1. The third-order valence-corrected chi connectivity index (χ3v) is 3.70. The Morgan fingerprint density at radius 2 is 1.41 bits per heavy atom. The van der Waals surface area contributed by atoms with Gasteiger partial charge in [0.15, 0.2) is 0 Å². The minimum absolute atomic E-state index is 0.0643. The van der Waals surface area contributed by atoms with Crippen molar-refractivity contribution in [3.63, 3.8) is 0 Å². The summed E-state index contributed by atoms with van der Waals surface area (Å²) < 4.78 is 0. The fourth-order valence-electron chi connectivity index (χ4n) is 1.46. The van der Waals surface area contributed by atoms with E-state index >= 15 is 0 Å². The van der Waals surface area contributed by atoms with Gasteiger partial charge in [-0.25, -0.2) is 0 Å². The largest absolute Gasteiger partial charge is 0.506 e. The Bertz CT molecular complexity index is 581. The fraction of sp³-hybridized carbons (Fsp3) is 0. The van der Waals surface area contributed by atoms with Crippen molar-refractivity contribution in [1.29, 1.82) is 0 Å². The van der Waals surface area contributed by atoms with E-state index in [1.165, 1.54) is 6.07 Å². The van der Waals surface area contributed by atoms with E-state index < -0.39 is 0 Å². The van der Waals surface area contributed by atoms with Crippen LogP contribution in [0.25, 0.3) is 11.1 Å². The first kappa shape index (κ1) is 12.8. The summed E-state index contributed by atoms with van der Waals surface area (Å²) in [5.41, 5.74) is 1.36. The van der Waals surface area contributed by atoms with Crippen LogP contribution in [0.1, 0.15) is 0 Å². The Morgan fingerprint density at radius 3 is 2.06 bits per heavy atom. The van der Waals surface area contributed by atoms with Gasteiger partial charge in [0.2, 0.25) is 0 Å². The lowest BCUT2D eigenvalue weighted by molar-refractivity contribution is 0.475. The van der Waals surface area contributed by atoms with Gasteiger partial charge in [0.1, 0.15) is 10.8 Å². The highest BCUT2D eigenvalue weighted by atomic mass is 35.5. The van der Waals surface area contributed by atoms with Crippen LogP contribution >= 0.6 is 46.4 Å². The molecule has 0 heterocycles. The lowest BCUT2D eigenvalue weighted by atomic mass is 10.1. The van der Waals surface area contributed by atoms with Crippen LogP contribution in [-0.4, -0.2) is 5.11 Å². The molecule has 0 amide bonds. The van der Waals surface area contributed by atoms with Crippen molar-refractivity contribution in [2.45, 2.75) is 0 Å².